The lowest BCUT2D eigenvalue weighted by atomic mass is 9.66. The number of hydrogen-bond acceptors (Lipinski definition) is 8. The van der Waals surface area contributed by atoms with Crippen LogP contribution in [0, 0.1) is 11.8 Å². The van der Waals surface area contributed by atoms with Crippen molar-refractivity contribution in [3.63, 3.8) is 0 Å². The van der Waals surface area contributed by atoms with Gasteiger partial charge < -0.3 is 24.8 Å². The highest BCUT2D eigenvalue weighted by molar-refractivity contribution is 5.98. The van der Waals surface area contributed by atoms with Gasteiger partial charge in [-0.3, -0.25) is 14.4 Å². The molecule has 11 nitrogen and oxygen atoms in total. The zero-order valence-electron chi connectivity index (χ0n) is 18.6. The molecule has 3 fully saturated rings. The molecule has 1 spiro atoms. The van der Waals surface area contributed by atoms with Crippen molar-refractivity contribution in [2.45, 2.75) is 50.6 Å². The van der Waals surface area contributed by atoms with E-state index in [1.165, 1.54) is 4.90 Å². The maximum absolute atomic E-state index is 13.5. The number of para-hydroxylation sites is 1. The maximum atomic E-state index is 13.5. The minimum atomic E-state index is -1.15. The van der Waals surface area contributed by atoms with Crippen molar-refractivity contribution in [2.24, 2.45) is 11.8 Å². The van der Waals surface area contributed by atoms with Gasteiger partial charge in [0.15, 0.2) is 0 Å². The number of ether oxygens (including phenoxy) is 2. The Morgan fingerprint density at radius 2 is 2.12 bits per heavy atom. The molecule has 0 saturated carbocycles. The Kier molecular flexibility index (Phi) is 5.13. The van der Waals surface area contributed by atoms with Crippen LogP contribution in [0.5, 0.6) is 0 Å². The number of rotatable bonds is 7. The summed E-state index contributed by atoms with van der Waals surface area (Å²) in [6, 6.07) is 6.40. The fraction of sp³-hybridized carbons (Fsp3) is 0.591. The number of β-amino-alcohol motifs (C(OH)–C–C–N with tert-alkyl or cyclic N) is 1. The van der Waals surface area contributed by atoms with Gasteiger partial charge in [0.1, 0.15) is 29.7 Å². The normalized spacial score (nSPS) is 32.4. The van der Waals surface area contributed by atoms with Crippen molar-refractivity contribution in [1.82, 2.24) is 25.2 Å². The van der Waals surface area contributed by atoms with Gasteiger partial charge in [0.25, 0.3) is 0 Å². The molecule has 2 amide bonds. The van der Waals surface area contributed by atoms with Crippen LogP contribution in [0.3, 0.4) is 0 Å². The summed E-state index contributed by atoms with van der Waals surface area (Å²) in [6.45, 7) is 3.42. The first-order chi connectivity index (χ1) is 15.9. The van der Waals surface area contributed by atoms with E-state index in [9.17, 15) is 19.5 Å². The minimum Gasteiger partial charge on any atom is -0.466 e. The molecule has 3 saturated heterocycles. The quantitative estimate of drug-likeness (QED) is 0.547. The van der Waals surface area contributed by atoms with Crippen LogP contribution in [-0.2, 0) is 30.5 Å². The van der Waals surface area contributed by atoms with Gasteiger partial charge in [0, 0.05) is 6.54 Å². The number of amides is 2. The van der Waals surface area contributed by atoms with Crippen LogP contribution in [-0.4, -0.2) is 79.8 Å². The van der Waals surface area contributed by atoms with Crippen LogP contribution in [0.25, 0.3) is 11.0 Å². The third kappa shape index (κ3) is 3.06. The van der Waals surface area contributed by atoms with E-state index >= 15 is 0 Å². The molecular weight excluding hydrogens is 430 g/mol. The average Bonchev–Trinajstić information content (AvgIpc) is 3.49. The number of aliphatic hydroxyl groups excluding tert-OH is 1. The molecule has 33 heavy (non-hydrogen) atoms. The molecule has 0 radical (unpaired) electrons. The summed E-state index contributed by atoms with van der Waals surface area (Å²) in [7, 11) is 0. The van der Waals surface area contributed by atoms with Crippen molar-refractivity contribution >= 4 is 28.8 Å². The minimum absolute atomic E-state index is 0.0307. The number of hydrogen-bond donors (Lipinski definition) is 2. The number of fused-ring (bicyclic) bond motifs is 2. The van der Waals surface area contributed by atoms with E-state index in [-0.39, 0.29) is 32.3 Å². The largest absolute Gasteiger partial charge is 0.466 e. The van der Waals surface area contributed by atoms with E-state index < -0.39 is 41.0 Å². The number of aromatic nitrogens is 3. The van der Waals surface area contributed by atoms with E-state index in [1.807, 2.05) is 31.2 Å². The predicted octanol–water partition coefficient (Wildman–Crippen LogP) is -0.175. The van der Waals surface area contributed by atoms with Crippen molar-refractivity contribution in [3.8, 4) is 0 Å². The topological polar surface area (TPSA) is 136 Å². The van der Waals surface area contributed by atoms with E-state index in [1.54, 1.807) is 11.6 Å². The van der Waals surface area contributed by atoms with Gasteiger partial charge in [0.2, 0.25) is 11.8 Å². The number of nitrogens with zero attached hydrogens (tertiary/aromatic N) is 4. The number of nitrogens with one attached hydrogen (secondary N) is 1. The molecule has 4 heterocycles. The van der Waals surface area contributed by atoms with Crippen LogP contribution in [0.15, 0.2) is 24.3 Å². The summed E-state index contributed by atoms with van der Waals surface area (Å²) in [4.78, 5) is 41.1. The Labute approximate surface area is 190 Å². The third-order valence-corrected chi connectivity index (χ3v) is 7.23. The van der Waals surface area contributed by atoms with Gasteiger partial charge in [0.05, 0.1) is 30.2 Å². The van der Waals surface area contributed by atoms with E-state index in [2.05, 4.69) is 15.6 Å². The highest BCUT2D eigenvalue weighted by Gasteiger charge is 2.78. The van der Waals surface area contributed by atoms with Crippen LogP contribution in [0.1, 0.15) is 26.7 Å². The Hall–Kier alpha value is -3.05. The van der Waals surface area contributed by atoms with Gasteiger partial charge in [-0.15, -0.1) is 5.10 Å². The average molecular weight is 457 g/mol. The number of aliphatic hydroxyl groups is 1. The lowest BCUT2D eigenvalue weighted by Gasteiger charge is -2.33. The molecule has 5 rings (SSSR count). The van der Waals surface area contributed by atoms with Crippen LogP contribution in [0.2, 0.25) is 0 Å². The van der Waals surface area contributed by atoms with E-state index in [0.29, 0.717) is 18.4 Å². The van der Waals surface area contributed by atoms with Crippen LogP contribution >= 0.6 is 0 Å². The first kappa shape index (κ1) is 21.8. The Morgan fingerprint density at radius 1 is 1.33 bits per heavy atom. The SMILES string of the molecule is CCOC(=O)[C@H]1[C@H]2C(=O)N(CCO)C(C(=O)NCn3nnc4ccccc43)C23CC[C@]1(C)O3. The number of esters is 1. The lowest BCUT2D eigenvalue weighted by Crippen LogP contribution is -2.55. The molecule has 1 aromatic heterocycles. The first-order valence-corrected chi connectivity index (χ1v) is 11.2. The van der Waals surface area contributed by atoms with E-state index in [4.69, 9.17) is 9.47 Å². The molecular formula is C22H27N5O6. The Balaban J connectivity index is 1.45. The van der Waals surface area contributed by atoms with Crippen molar-refractivity contribution in [2.75, 3.05) is 19.8 Å². The molecule has 0 aliphatic carbocycles. The zero-order chi connectivity index (χ0) is 23.4. The highest BCUT2D eigenvalue weighted by atomic mass is 16.6. The van der Waals surface area contributed by atoms with Crippen LogP contribution < -0.4 is 5.32 Å². The molecule has 3 aliphatic rings. The smallest absolute Gasteiger partial charge is 0.312 e. The van der Waals surface area contributed by atoms with Gasteiger partial charge in [-0.2, -0.15) is 0 Å². The molecule has 2 bridgehead atoms. The number of carbonyl (C=O) groups excluding carboxylic acids is 3. The summed E-state index contributed by atoms with van der Waals surface area (Å²) in [5, 5.41) is 20.6. The van der Waals surface area contributed by atoms with Crippen molar-refractivity contribution < 1.29 is 29.0 Å². The standard InChI is InChI=1S/C22H27N5O6/c1-3-32-20(31)16-15-19(30)26(10-11-28)17(22(15)9-8-21(16,2)33-22)18(29)23-12-27-14-7-5-4-6-13(14)24-25-27/h4-7,15-17,28H,3,8-12H2,1-2H3,(H,23,29)/t15-,16+,17?,21-,22?/m0/s1. The Morgan fingerprint density at radius 3 is 2.88 bits per heavy atom. The molecule has 11 heteroatoms. The fourth-order valence-corrected chi connectivity index (χ4v) is 5.95. The monoisotopic (exact) mass is 457 g/mol. The van der Waals surface area contributed by atoms with Crippen LogP contribution in [0.4, 0.5) is 0 Å². The summed E-state index contributed by atoms with van der Waals surface area (Å²) in [6.07, 6.45) is 0.993. The molecule has 1 aromatic carbocycles. The molecule has 176 valence electrons. The molecule has 2 N–H and O–H groups in total. The predicted molar refractivity (Wildman–Crippen MR) is 113 cm³/mol. The Bertz CT molecular complexity index is 1120. The number of benzene rings is 1. The molecule has 5 atom stereocenters. The summed E-state index contributed by atoms with van der Waals surface area (Å²) >= 11 is 0. The fourth-order valence-electron chi connectivity index (χ4n) is 5.95. The molecule has 2 unspecified atom stereocenters. The van der Waals surface area contributed by atoms with Gasteiger partial charge in [-0.25, -0.2) is 4.68 Å². The highest BCUT2D eigenvalue weighted by Crippen LogP contribution is 2.63. The van der Waals surface area contributed by atoms with Gasteiger partial charge >= 0.3 is 5.97 Å². The van der Waals surface area contributed by atoms with E-state index in [0.717, 1.165) is 5.52 Å². The zero-order valence-corrected chi connectivity index (χ0v) is 18.6. The van der Waals surface area contributed by atoms with Crippen molar-refractivity contribution in [1.29, 1.82) is 0 Å². The number of carbonyl (C=O) groups is 3. The lowest BCUT2D eigenvalue weighted by molar-refractivity contribution is -0.159. The summed E-state index contributed by atoms with van der Waals surface area (Å²) < 4.78 is 13.2. The third-order valence-electron chi connectivity index (χ3n) is 7.23. The molecule has 3 aliphatic heterocycles. The van der Waals surface area contributed by atoms with Gasteiger partial charge in [-0.05, 0) is 38.8 Å². The van der Waals surface area contributed by atoms with Crippen molar-refractivity contribution in [3.05, 3.63) is 24.3 Å². The number of likely N-dealkylation sites (tertiary alicyclic amines) is 1. The second-order valence-corrected chi connectivity index (χ2v) is 9.01. The summed E-state index contributed by atoms with van der Waals surface area (Å²) in [5.41, 5.74) is -0.561. The maximum Gasteiger partial charge on any atom is 0.312 e. The second-order valence-electron chi connectivity index (χ2n) is 9.01. The second kappa shape index (κ2) is 7.77. The molecule has 2 aromatic rings. The summed E-state index contributed by atoms with van der Waals surface area (Å²) in [5.74, 6) is -2.90. The van der Waals surface area contributed by atoms with Gasteiger partial charge in [-0.1, -0.05) is 17.3 Å². The first-order valence-electron chi connectivity index (χ1n) is 11.2.